The van der Waals surface area contributed by atoms with Gasteiger partial charge in [-0.3, -0.25) is 9.78 Å². The van der Waals surface area contributed by atoms with Gasteiger partial charge in [0, 0.05) is 23.6 Å². The highest BCUT2D eigenvalue weighted by Crippen LogP contribution is 2.24. The molecule has 2 aromatic rings. The van der Waals surface area contributed by atoms with Crippen molar-refractivity contribution in [2.45, 2.75) is 19.8 Å². The third kappa shape index (κ3) is 3.02. The number of carbonyl (C=O) groups is 1. The Morgan fingerprint density at radius 1 is 1.26 bits per heavy atom. The van der Waals surface area contributed by atoms with Crippen LogP contribution in [0.1, 0.15) is 17.7 Å². The molecule has 0 aliphatic heterocycles. The molecule has 0 unspecified atom stereocenters. The Bertz CT molecular complexity index is 608. The summed E-state index contributed by atoms with van der Waals surface area (Å²) >= 11 is 0. The van der Waals surface area contributed by atoms with Gasteiger partial charge in [0.15, 0.2) is 0 Å². The number of esters is 1. The normalized spacial score (nSPS) is 10.5. The summed E-state index contributed by atoms with van der Waals surface area (Å²) in [5.41, 5.74) is 2.93. The maximum atomic E-state index is 11.2. The fourth-order valence-corrected chi connectivity index (χ4v) is 2.10. The predicted octanol–water partition coefficient (Wildman–Crippen LogP) is 2.66. The van der Waals surface area contributed by atoms with Crippen LogP contribution in [0, 0.1) is 6.92 Å². The van der Waals surface area contributed by atoms with Crippen molar-refractivity contribution in [2.75, 3.05) is 14.2 Å². The molecule has 4 nitrogen and oxygen atoms in total. The fourth-order valence-electron chi connectivity index (χ4n) is 2.10. The van der Waals surface area contributed by atoms with Gasteiger partial charge in [0.05, 0.1) is 19.7 Å². The second-order valence-corrected chi connectivity index (χ2v) is 4.38. The smallest absolute Gasteiger partial charge is 0.305 e. The van der Waals surface area contributed by atoms with E-state index >= 15 is 0 Å². The Labute approximate surface area is 112 Å². The zero-order chi connectivity index (χ0) is 13.8. The molecule has 0 fully saturated rings. The molecular formula is C15H17NO3. The van der Waals surface area contributed by atoms with Crippen LogP contribution in [0.2, 0.25) is 0 Å². The molecule has 0 amide bonds. The summed E-state index contributed by atoms with van der Waals surface area (Å²) in [7, 11) is 3.04. The zero-order valence-electron chi connectivity index (χ0n) is 11.4. The minimum Gasteiger partial charge on any atom is -0.497 e. The molecule has 0 radical (unpaired) electrons. The van der Waals surface area contributed by atoms with E-state index in [1.54, 1.807) is 7.11 Å². The third-order valence-electron chi connectivity index (χ3n) is 3.06. The number of pyridine rings is 1. The van der Waals surface area contributed by atoms with Crippen LogP contribution in [0.5, 0.6) is 5.75 Å². The molecule has 0 saturated heterocycles. The van der Waals surface area contributed by atoms with E-state index in [0.29, 0.717) is 12.8 Å². The number of methoxy groups -OCH3 is 2. The van der Waals surface area contributed by atoms with Gasteiger partial charge < -0.3 is 9.47 Å². The number of benzene rings is 1. The van der Waals surface area contributed by atoms with Gasteiger partial charge in [-0.25, -0.2) is 0 Å². The maximum Gasteiger partial charge on any atom is 0.305 e. The van der Waals surface area contributed by atoms with E-state index < -0.39 is 0 Å². The van der Waals surface area contributed by atoms with Crippen molar-refractivity contribution >= 4 is 16.9 Å². The van der Waals surface area contributed by atoms with Crippen LogP contribution >= 0.6 is 0 Å². The molecule has 0 N–H and O–H groups in total. The molecule has 19 heavy (non-hydrogen) atoms. The van der Waals surface area contributed by atoms with Crippen LogP contribution in [-0.2, 0) is 16.0 Å². The van der Waals surface area contributed by atoms with Crippen LogP contribution < -0.4 is 4.74 Å². The van der Waals surface area contributed by atoms with Crippen molar-refractivity contribution < 1.29 is 14.3 Å². The molecule has 0 atom stereocenters. The van der Waals surface area contributed by atoms with Gasteiger partial charge in [0.1, 0.15) is 5.75 Å². The second kappa shape index (κ2) is 5.69. The Balaban J connectivity index is 2.39. The average molecular weight is 259 g/mol. The van der Waals surface area contributed by atoms with Crippen LogP contribution in [0.4, 0.5) is 0 Å². The first kappa shape index (κ1) is 13.3. The van der Waals surface area contributed by atoms with E-state index in [0.717, 1.165) is 27.9 Å². The fraction of sp³-hybridized carbons (Fsp3) is 0.333. The van der Waals surface area contributed by atoms with Gasteiger partial charge in [0.2, 0.25) is 0 Å². The lowest BCUT2D eigenvalue weighted by Gasteiger charge is -2.09. The van der Waals surface area contributed by atoms with Gasteiger partial charge in [-0.15, -0.1) is 0 Å². The number of hydrogen-bond acceptors (Lipinski definition) is 4. The monoisotopic (exact) mass is 259 g/mol. The highest BCUT2D eigenvalue weighted by molar-refractivity contribution is 5.84. The van der Waals surface area contributed by atoms with E-state index in [9.17, 15) is 4.79 Å². The Kier molecular flexibility index (Phi) is 4.00. The van der Waals surface area contributed by atoms with Crippen molar-refractivity contribution in [2.24, 2.45) is 0 Å². The molecule has 0 saturated carbocycles. The molecular weight excluding hydrogens is 242 g/mol. The quantitative estimate of drug-likeness (QED) is 0.792. The summed E-state index contributed by atoms with van der Waals surface area (Å²) in [6.07, 6.45) is 1.03. The van der Waals surface area contributed by atoms with Crippen molar-refractivity contribution in [3.8, 4) is 5.75 Å². The number of fused-ring (bicyclic) bond motifs is 1. The molecule has 1 aromatic heterocycles. The predicted molar refractivity (Wildman–Crippen MR) is 73.4 cm³/mol. The first-order chi connectivity index (χ1) is 9.13. The molecule has 0 spiro atoms. The summed E-state index contributed by atoms with van der Waals surface area (Å²) in [6.45, 7) is 1.94. The number of nitrogens with zero attached hydrogens (tertiary/aromatic N) is 1. The third-order valence-corrected chi connectivity index (χ3v) is 3.06. The summed E-state index contributed by atoms with van der Waals surface area (Å²) in [5.74, 6) is 0.584. The van der Waals surface area contributed by atoms with Crippen molar-refractivity contribution in [1.82, 2.24) is 4.98 Å². The lowest BCUT2D eigenvalue weighted by molar-refractivity contribution is -0.140. The van der Waals surface area contributed by atoms with Crippen molar-refractivity contribution in [3.05, 3.63) is 35.5 Å². The number of aryl methyl sites for hydroxylation is 2. The number of aromatic nitrogens is 1. The number of ether oxygens (including phenoxy) is 2. The standard InChI is InChI=1S/C15H17NO3/c1-10-8-11(4-7-15(17)19-3)13-6-5-12(18-2)9-14(13)16-10/h5-6,8-9H,4,7H2,1-3H3. The highest BCUT2D eigenvalue weighted by Gasteiger charge is 2.08. The SMILES string of the molecule is COC(=O)CCc1cc(C)nc2cc(OC)ccc12. The lowest BCUT2D eigenvalue weighted by atomic mass is 10.0. The van der Waals surface area contributed by atoms with E-state index in [1.807, 2.05) is 31.2 Å². The van der Waals surface area contributed by atoms with E-state index in [-0.39, 0.29) is 5.97 Å². The lowest BCUT2D eigenvalue weighted by Crippen LogP contribution is -2.03. The van der Waals surface area contributed by atoms with Gasteiger partial charge in [-0.2, -0.15) is 0 Å². The summed E-state index contributed by atoms with van der Waals surface area (Å²) in [6, 6.07) is 7.80. The molecule has 1 heterocycles. The van der Waals surface area contributed by atoms with Gasteiger partial charge >= 0.3 is 5.97 Å². The largest absolute Gasteiger partial charge is 0.497 e. The van der Waals surface area contributed by atoms with Crippen LogP contribution in [0.15, 0.2) is 24.3 Å². The average Bonchev–Trinajstić information content (AvgIpc) is 2.43. The number of hydrogen-bond donors (Lipinski definition) is 0. The van der Waals surface area contributed by atoms with E-state index in [1.165, 1.54) is 7.11 Å². The second-order valence-electron chi connectivity index (χ2n) is 4.38. The van der Waals surface area contributed by atoms with Crippen molar-refractivity contribution in [3.63, 3.8) is 0 Å². The van der Waals surface area contributed by atoms with E-state index in [4.69, 9.17) is 4.74 Å². The molecule has 1 aromatic carbocycles. The minimum absolute atomic E-state index is 0.198. The zero-order valence-corrected chi connectivity index (χ0v) is 11.4. The van der Waals surface area contributed by atoms with Gasteiger partial charge in [0.25, 0.3) is 0 Å². The van der Waals surface area contributed by atoms with Gasteiger partial charge in [-0.05, 0) is 37.1 Å². The highest BCUT2D eigenvalue weighted by atomic mass is 16.5. The molecule has 0 aliphatic carbocycles. The summed E-state index contributed by atoms with van der Waals surface area (Å²) in [4.78, 5) is 15.7. The maximum absolute atomic E-state index is 11.2. The first-order valence-electron chi connectivity index (χ1n) is 6.15. The van der Waals surface area contributed by atoms with E-state index in [2.05, 4.69) is 9.72 Å². The number of rotatable bonds is 4. The summed E-state index contributed by atoms with van der Waals surface area (Å²) in [5, 5.41) is 1.05. The minimum atomic E-state index is -0.198. The van der Waals surface area contributed by atoms with Crippen LogP contribution in [0.3, 0.4) is 0 Å². The first-order valence-corrected chi connectivity index (χ1v) is 6.15. The molecule has 2 rings (SSSR count). The topological polar surface area (TPSA) is 48.4 Å². The molecule has 4 heteroatoms. The Morgan fingerprint density at radius 2 is 2.05 bits per heavy atom. The molecule has 0 bridgehead atoms. The van der Waals surface area contributed by atoms with Crippen LogP contribution in [-0.4, -0.2) is 25.2 Å². The number of carbonyl (C=O) groups excluding carboxylic acids is 1. The molecule has 100 valence electrons. The van der Waals surface area contributed by atoms with Crippen molar-refractivity contribution in [1.29, 1.82) is 0 Å². The Hall–Kier alpha value is -2.10. The Morgan fingerprint density at radius 3 is 2.74 bits per heavy atom. The van der Waals surface area contributed by atoms with Crippen LogP contribution in [0.25, 0.3) is 10.9 Å². The molecule has 0 aliphatic rings. The summed E-state index contributed by atoms with van der Waals surface area (Å²) < 4.78 is 9.88. The van der Waals surface area contributed by atoms with Gasteiger partial charge in [-0.1, -0.05) is 0 Å².